The molecule has 1 radical (unpaired) electrons. The number of aliphatic imine (C=N–C) groups is 1. The first-order chi connectivity index (χ1) is 6.88. The van der Waals surface area contributed by atoms with Gasteiger partial charge in [-0.05, 0) is 22.9 Å². The number of hydroxylamine groups is 1. The van der Waals surface area contributed by atoms with Crippen molar-refractivity contribution in [3.8, 4) is 0 Å². The molecule has 0 aromatic heterocycles. The van der Waals surface area contributed by atoms with Gasteiger partial charge in [-0.3, -0.25) is 4.84 Å². The summed E-state index contributed by atoms with van der Waals surface area (Å²) in [5.41, 5.74) is 1.88. The summed E-state index contributed by atoms with van der Waals surface area (Å²) in [5, 5.41) is 8.73. The predicted octanol–water partition coefficient (Wildman–Crippen LogP) is 1.97. The molecule has 0 saturated heterocycles. The van der Waals surface area contributed by atoms with E-state index in [1.54, 1.807) is 0 Å². The molecule has 0 aliphatic carbocycles. The van der Waals surface area contributed by atoms with Crippen LogP contribution in [0.4, 0.5) is 5.69 Å². The molecular formula is C9H9N4O. The maximum atomic E-state index is 4.97. The Kier molecular flexibility index (Phi) is 2.51. The predicted molar refractivity (Wildman–Crippen MR) is 50.9 cm³/mol. The summed E-state index contributed by atoms with van der Waals surface area (Å²) in [4.78, 5) is 8.94. The fourth-order valence-corrected chi connectivity index (χ4v) is 1.16. The summed E-state index contributed by atoms with van der Waals surface area (Å²) in [6, 6.07) is 7.73. The molecule has 0 saturated carbocycles. The van der Waals surface area contributed by atoms with Gasteiger partial charge in [-0.25, -0.2) is 4.99 Å². The molecule has 1 aromatic rings. The highest BCUT2D eigenvalue weighted by atomic mass is 16.7. The molecule has 0 N–H and O–H groups in total. The summed E-state index contributed by atoms with van der Waals surface area (Å²) < 4.78 is 0. The molecule has 0 fully saturated rings. The van der Waals surface area contributed by atoms with Gasteiger partial charge in [-0.1, -0.05) is 12.1 Å². The molecule has 0 atom stereocenters. The standard InChI is InChI=1S/C9H9N4O/c1-14-13-6-8-3-2-4-9(5-8)10-7-11-12-13/h2-5H,6H2,1H3/b10-7?,12-11-. The minimum absolute atomic E-state index is 0.547. The van der Waals surface area contributed by atoms with Crippen molar-refractivity contribution in [1.29, 1.82) is 0 Å². The van der Waals surface area contributed by atoms with Crippen LogP contribution in [0.15, 0.2) is 39.6 Å². The van der Waals surface area contributed by atoms with E-state index in [9.17, 15) is 0 Å². The molecule has 71 valence electrons. The second-order valence-corrected chi connectivity index (χ2v) is 2.76. The summed E-state index contributed by atoms with van der Waals surface area (Å²) in [6.45, 7) is 0.547. The molecule has 2 rings (SSSR count). The van der Waals surface area contributed by atoms with Crippen molar-refractivity contribution >= 4 is 12.0 Å². The molecule has 0 unspecified atom stereocenters. The fraction of sp³-hybridized carbons (Fsp3) is 0.222. The highest BCUT2D eigenvalue weighted by molar-refractivity contribution is 5.61. The minimum Gasteiger partial charge on any atom is -0.258 e. The van der Waals surface area contributed by atoms with Gasteiger partial charge >= 0.3 is 0 Å². The summed E-state index contributed by atoms with van der Waals surface area (Å²) in [6.07, 6.45) is 2.46. The minimum atomic E-state index is 0.547. The Balaban J connectivity index is 2.34. The van der Waals surface area contributed by atoms with E-state index < -0.39 is 0 Å². The lowest BCUT2D eigenvalue weighted by Gasteiger charge is -2.12. The third-order valence-corrected chi connectivity index (χ3v) is 1.81. The van der Waals surface area contributed by atoms with Gasteiger partial charge in [0.25, 0.3) is 0 Å². The lowest BCUT2D eigenvalue weighted by molar-refractivity contribution is -0.144. The van der Waals surface area contributed by atoms with Crippen molar-refractivity contribution in [1.82, 2.24) is 5.17 Å². The van der Waals surface area contributed by atoms with Gasteiger partial charge in [0.15, 0.2) is 0 Å². The molecule has 1 aliphatic rings. The van der Waals surface area contributed by atoms with E-state index in [0.717, 1.165) is 11.3 Å². The number of hydrogen-bond acceptors (Lipinski definition) is 5. The molecule has 5 heteroatoms. The number of benzene rings is 1. The number of fused-ring (bicyclic) bond motifs is 2. The van der Waals surface area contributed by atoms with Crippen LogP contribution in [0.5, 0.6) is 0 Å². The molecule has 1 aliphatic heterocycles. The molecular weight excluding hydrogens is 180 g/mol. The largest absolute Gasteiger partial charge is 0.258 e. The molecule has 1 heterocycles. The van der Waals surface area contributed by atoms with E-state index in [-0.39, 0.29) is 0 Å². The zero-order chi connectivity index (χ0) is 9.80. The Morgan fingerprint density at radius 3 is 3.29 bits per heavy atom. The quantitative estimate of drug-likeness (QED) is 0.678. The van der Waals surface area contributed by atoms with Crippen molar-refractivity contribution < 1.29 is 4.84 Å². The average molecular weight is 189 g/mol. The first-order valence-corrected chi connectivity index (χ1v) is 4.15. The molecule has 14 heavy (non-hydrogen) atoms. The van der Waals surface area contributed by atoms with Crippen LogP contribution in [0.1, 0.15) is 5.56 Å². The van der Waals surface area contributed by atoms with Gasteiger partial charge in [0, 0.05) is 0 Å². The second-order valence-electron chi connectivity index (χ2n) is 2.76. The van der Waals surface area contributed by atoms with Crippen LogP contribution in [0, 0.1) is 0 Å². The van der Waals surface area contributed by atoms with Crippen LogP contribution >= 0.6 is 0 Å². The Labute approximate surface area is 81.7 Å². The van der Waals surface area contributed by atoms with Crippen molar-refractivity contribution in [3.05, 3.63) is 29.8 Å². The van der Waals surface area contributed by atoms with E-state index in [2.05, 4.69) is 21.7 Å². The normalized spacial score (nSPS) is 19.4. The first-order valence-electron chi connectivity index (χ1n) is 4.15. The summed E-state index contributed by atoms with van der Waals surface area (Å²) >= 11 is 0. The monoisotopic (exact) mass is 189 g/mol. The fourth-order valence-electron chi connectivity index (χ4n) is 1.16. The lowest BCUT2D eigenvalue weighted by Crippen LogP contribution is -2.14. The first kappa shape index (κ1) is 8.83. The average Bonchev–Trinajstić information content (AvgIpc) is 2.28. The molecule has 1 aromatic carbocycles. The van der Waals surface area contributed by atoms with Gasteiger partial charge in [0.2, 0.25) is 6.34 Å². The van der Waals surface area contributed by atoms with Crippen molar-refractivity contribution in [3.63, 3.8) is 0 Å². The van der Waals surface area contributed by atoms with Crippen molar-refractivity contribution in [2.24, 2.45) is 15.3 Å². The summed E-state index contributed by atoms with van der Waals surface area (Å²) in [7, 11) is 1.54. The highest BCUT2D eigenvalue weighted by Gasteiger charge is 2.03. The van der Waals surface area contributed by atoms with E-state index >= 15 is 0 Å². The van der Waals surface area contributed by atoms with E-state index in [0.29, 0.717) is 6.54 Å². The van der Waals surface area contributed by atoms with Crippen LogP contribution < -0.4 is 0 Å². The number of nitrogens with zero attached hydrogens (tertiary/aromatic N) is 4. The smallest absolute Gasteiger partial charge is 0.223 e. The van der Waals surface area contributed by atoms with Crippen molar-refractivity contribution in [2.45, 2.75) is 6.54 Å². The third-order valence-electron chi connectivity index (χ3n) is 1.81. The van der Waals surface area contributed by atoms with E-state index in [4.69, 9.17) is 4.84 Å². The van der Waals surface area contributed by atoms with Gasteiger partial charge < -0.3 is 0 Å². The van der Waals surface area contributed by atoms with Crippen LogP contribution in [-0.4, -0.2) is 18.6 Å². The second kappa shape index (κ2) is 3.97. The van der Waals surface area contributed by atoms with Gasteiger partial charge in [-0.2, -0.15) is 0 Å². The van der Waals surface area contributed by atoms with Gasteiger partial charge in [0.05, 0.1) is 19.3 Å². The van der Waals surface area contributed by atoms with Crippen LogP contribution in [-0.2, 0) is 11.4 Å². The van der Waals surface area contributed by atoms with Crippen LogP contribution in [0.25, 0.3) is 0 Å². The van der Waals surface area contributed by atoms with Crippen molar-refractivity contribution in [2.75, 3.05) is 7.11 Å². The zero-order valence-corrected chi connectivity index (χ0v) is 7.71. The summed E-state index contributed by atoms with van der Waals surface area (Å²) in [5.74, 6) is 0. The SMILES string of the molecule is CON1Cc2cccc(c2)/N=[C]\N=N/1. The highest BCUT2D eigenvalue weighted by Crippen LogP contribution is 2.16. The molecule has 0 spiro atoms. The Hall–Kier alpha value is -1.75. The van der Waals surface area contributed by atoms with Crippen LogP contribution in [0.2, 0.25) is 0 Å². The molecule has 2 bridgehead atoms. The van der Waals surface area contributed by atoms with E-state index in [1.165, 1.54) is 12.3 Å². The van der Waals surface area contributed by atoms with Crippen LogP contribution in [0.3, 0.4) is 0 Å². The Morgan fingerprint density at radius 1 is 1.50 bits per heavy atom. The number of hydrogen-bond donors (Lipinski definition) is 0. The number of rotatable bonds is 1. The molecule has 5 nitrogen and oxygen atoms in total. The molecule has 0 amide bonds. The maximum Gasteiger partial charge on any atom is 0.223 e. The Morgan fingerprint density at radius 2 is 2.43 bits per heavy atom. The lowest BCUT2D eigenvalue weighted by atomic mass is 10.2. The topological polar surface area (TPSA) is 49.5 Å². The van der Waals surface area contributed by atoms with Gasteiger partial charge in [-0.15, -0.1) is 10.3 Å². The third kappa shape index (κ3) is 1.94. The zero-order valence-electron chi connectivity index (χ0n) is 7.71. The van der Waals surface area contributed by atoms with Gasteiger partial charge in [0.1, 0.15) is 0 Å². The maximum absolute atomic E-state index is 4.97. The Bertz CT molecular complexity index is 375. The van der Waals surface area contributed by atoms with E-state index in [1.807, 2.05) is 24.3 Å².